The lowest BCUT2D eigenvalue weighted by molar-refractivity contribution is 0.413. The van der Waals surface area contributed by atoms with Crippen LogP contribution < -0.4 is 15.4 Å². The zero-order chi connectivity index (χ0) is 13.1. The molecule has 0 saturated heterocycles. The number of rotatable bonds is 4. The summed E-state index contributed by atoms with van der Waals surface area (Å²) in [6.45, 7) is 5.20. The molecule has 1 aromatic carbocycles. The highest BCUT2D eigenvalue weighted by molar-refractivity contribution is 5.98. The number of ether oxygens (including phenoxy) is 1. The van der Waals surface area contributed by atoms with Crippen LogP contribution in [0.3, 0.4) is 0 Å². The lowest BCUT2D eigenvalue weighted by Gasteiger charge is -2.28. The summed E-state index contributed by atoms with van der Waals surface area (Å²) in [7, 11) is 1.68. The Hall–Kier alpha value is -1.71. The van der Waals surface area contributed by atoms with E-state index in [0.29, 0.717) is 17.9 Å². The van der Waals surface area contributed by atoms with Gasteiger partial charge in [-0.2, -0.15) is 0 Å². The van der Waals surface area contributed by atoms with Crippen LogP contribution in [0, 0.1) is 5.92 Å². The Balaban J connectivity index is 2.30. The van der Waals surface area contributed by atoms with E-state index in [1.807, 2.05) is 24.3 Å². The Morgan fingerprint density at radius 3 is 2.83 bits per heavy atom. The number of nitrogens with zero attached hydrogens (tertiary/aromatic N) is 2. The molecule has 1 aliphatic rings. The second-order valence-electron chi connectivity index (χ2n) is 5.02. The predicted octanol–water partition coefficient (Wildman–Crippen LogP) is 2.24. The number of aliphatic imine (C=N–C) groups is 1. The standard InChI is InChI=1S/C14H21N3O/c1-10(2)8-11-9-16-14(15)17(11)12-6-4-5-7-13(12)18-3/h4-7,10-11H,8-9H2,1-3H3,(H2,15,16). The maximum Gasteiger partial charge on any atom is 0.196 e. The molecule has 18 heavy (non-hydrogen) atoms. The fraction of sp³-hybridized carbons (Fsp3) is 0.500. The topological polar surface area (TPSA) is 50.9 Å². The fourth-order valence-corrected chi connectivity index (χ4v) is 2.42. The predicted molar refractivity (Wildman–Crippen MR) is 75.2 cm³/mol. The number of hydrogen-bond acceptors (Lipinski definition) is 4. The summed E-state index contributed by atoms with van der Waals surface area (Å²) in [6.07, 6.45) is 1.07. The highest BCUT2D eigenvalue weighted by Crippen LogP contribution is 2.32. The third-order valence-corrected chi connectivity index (χ3v) is 3.16. The molecule has 0 amide bonds. The van der Waals surface area contributed by atoms with E-state index in [1.54, 1.807) is 7.11 Å². The third-order valence-electron chi connectivity index (χ3n) is 3.16. The van der Waals surface area contributed by atoms with Gasteiger partial charge in [0.05, 0.1) is 25.4 Å². The summed E-state index contributed by atoms with van der Waals surface area (Å²) >= 11 is 0. The van der Waals surface area contributed by atoms with Crippen molar-refractivity contribution in [3.05, 3.63) is 24.3 Å². The zero-order valence-electron chi connectivity index (χ0n) is 11.3. The molecule has 0 saturated carbocycles. The zero-order valence-corrected chi connectivity index (χ0v) is 11.3. The van der Waals surface area contributed by atoms with Crippen LogP contribution in [0.2, 0.25) is 0 Å². The van der Waals surface area contributed by atoms with Crippen molar-refractivity contribution >= 4 is 11.6 Å². The SMILES string of the molecule is COc1ccccc1N1C(N)=NCC1CC(C)C. The molecule has 0 aromatic heterocycles. The van der Waals surface area contributed by atoms with Crippen molar-refractivity contribution in [1.29, 1.82) is 0 Å². The monoisotopic (exact) mass is 247 g/mol. The molecule has 1 aromatic rings. The van der Waals surface area contributed by atoms with E-state index < -0.39 is 0 Å². The average molecular weight is 247 g/mol. The first-order valence-corrected chi connectivity index (χ1v) is 6.35. The van der Waals surface area contributed by atoms with Gasteiger partial charge >= 0.3 is 0 Å². The van der Waals surface area contributed by atoms with Crippen LogP contribution in [0.15, 0.2) is 29.3 Å². The highest BCUT2D eigenvalue weighted by atomic mass is 16.5. The Kier molecular flexibility index (Phi) is 3.75. The van der Waals surface area contributed by atoms with E-state index in [2.05, 4.69) is 23.7 Å². The van der Waals surface area contributed by atoms with Gasteiger partial charge in [0.1, 0.15) is 5.75 Å². The van der Waals surface area contributed by atoms with Gasteiger partial charge in [0.15, 0.2) is 5.96 Å². The Labute approximate surface area is 108 Å². The number of methoxy groups -OCH3 is 1. The summed E-state index contributed by atoms with van der Waals surface area (Å²) < 4.78 is 5.41. The minimum atomic E-state index is 0.335. The number of guanidine groups is 1. The summed E-state index contributed by atoms with van der Waals surface area (Å²) in [5, 5.41) is 0. The smallest absolute Gasteiger partial charge is 0.196 e. The van der Waals surface area contributed by atoms with Crippen molar-refractivity contribution in [2.75, 3.05) is 18.6 Å². The normalized spacial score (nSPS) is 19.2. The van der Waals surface area contributed by atoms with E-state index in [0.717, 1.165) is 24.4 Å². The average Bonchev–Trinajstić information content (AvgIpc) is 2.69. The molecule has 98 valence electrons. The molecule has 1 atom stereocenters. The molecule has 0 fully saturated rings. The molecule has 4 nitrogen and oxygen atoms in total. The molecular formula is C14H21N3O. The summed E-state index contributed by atoms with van der Waals surface area (Å²) in [6, 6.07) is 8.27. The lowest BCUT2D eigenvalue weighted by Crippen LogP contribution is -2.41. The summed E-state index contributed by atoms with van der Waals surface area (Å²) in [5.74, 6) is 2.05. The van der Waals surface area contributed by atoms with Crippen LogP contribution in [-0.2, 0) is 0 Å². The number of nitrogens with two attached hydrogens (primary N) is 1. The Morgan fingerprint density at radius 2 is 2.17 bits per heavy atom. The first-order chi connectivity index (χ1) is 8.63. The minimum absolute atomic E-state index is 0.335. The third kappa shape index (κ3) is 2.42. The van der Waals surface area contributed by atoms with Crippen molar-refractivity contribution in [2.24, 2.45) is 16.6 Å². The number of para-hydroxylation sites is 2. The molecular weight excluding hydrogens is 226 g/mol. The molecule has 2 N–H and O–H groups in total. The van der Waals surface area contributed by atoms with E-state index in [1.165, 1.54) is 0 Å². The van der Waals surface area contributed by atoms with Crippen molar-refractivity contribution in [3.8, 4) is 5.75 Å². The molecule has 0 radical (unpaired) electrons. The van der Waals surface area contributed by atoms with Crippen LogP contribution in [0.25, 0.3) is 0 Å². The molecule has 1 aliphatic heterocycles. The van der Waals surface area contributed by atoms with Crippen LogP contribution >= 0.6 is 0 Å². The Bertz CT molecular complexity index is 442. The van der Waals surface area contributed by atoms with E-state index in [4.69, 9.17) is 10.5 Å². The second kappa shape index (κ2) is 5.29. The van der Waals surface area contributed by atoms with Crippen LogP contribution in [0.5, 0.6) is 5.75 Å². The van der Waals surface area contributed by atoms with Crippen molar-refractivity contribution in [2.45, 2.75) is 26.3 Å². The molecule has 0 aliphatic carbocycles. The minimum Gasteiger partial charge on any atom is -0.495 e. The van der Waals surface area contributed by atoms with Gasteiger partial charge in [-0.15, -0.1) is 0 Å². The van der Waals surface area contributed by atoms with Gasteiger partial charge in [0.2, 0.25) is 0 Å². The van der Waals surface area contributed by atoms with Gasteiger partial charge in [-0.1, -0.05) is 26.0 Å². The van der Waals surface area contributed by atoms with Gasteiger partial charge in [0, 0.05) is 0 Å². The van der Waals surface area contributed by atoms with Gasteiger partial charge in [0.25, 0.3) is 0 Å². The second-order valence-corrected chi connectivity index (χ2v) is 5.02. The van der Waals surface area contributed by atoms with Crippen LogP contribution in [0.4, 0.5) is 5.69 Å². The summed E-state index contributed by atoms with van der Waals surface area (Å²) in [4.78, 5) is 6.46. The molecule has 4 heteroatoms. The number of hydrogen-bond donors (Lipinski definition) is 1. The van der Waals surface area contributed by atoms with Crippen LogP contribution in [-0.4, -0.2) is 25.7 Å². The number of benzene rings is 1. The van der Waals surface area contributed by atoms with Crippen molar-refractivity contribution in [3.63, 3.8) is 0 Å². The molecule has 0 spiro atoms. The van der Waals surface area contributed by atoms with E-state index >= 15 is 0 Å². The first-order valence-electron chi connectivity index (χ1n) is 6.35. The highest BCUT2D eigenvalue weighted by Gasteiger charge is 2.29. The molecule has 1 heterocycles. The largest absolute Gasteiger partial charge is 0.495 e. The Morgan fingerprint density at radius 1 is 1.44 bits per heavy atom. The molecule has 2 rings (SSSR count). The lowest BCUT2D eigenvalue weighted by atomic mass is 10.0. The van der Waals surface area contributed by atoms with E-state index in [9.17, 15) is 0 Å². The molecule has 0 bridgehead atoms. The van der Waals surface area contributed by atoms with Crippen LogP contribution in [0.1, 0.15) is 20.3 Å². The fourth-order valence-electron chi connectivity index (χ4n) is 2.42. The van der Waals surface area contributed by atoms with E-state index in [-0.39, 0.29) is 0 Å². The number of anilines is 1. The molecule has 1 unspecified atom stereocenters. The maximum atomic E-state index is 6.02. The van der Waals surface area contributed by atoms with Crippen molar-refractivity contribution < 1.29 is 4.74 Å². The first kappa shape index (κ1) is 12.7. The maximum absolute atomic E-state index is 6.02. The van der Waals surface area contributed by atoms with Gasteiger partial charge in [-0.05, 0) is 24.5 Å². The van der Waals surface area contributed by atoms with Gasteiger partial charge in [-0.3, -0.25) is 4.99 Å². The van der Waals surface area contributed by atoms with Gasteiger partial charge < -0.3 is 15.4 Å². The quantitative estimate of drug-likeness (QED) is 0.887. The van der Waals surface area contributed by atoms with Gasteiger partial charge in [-0.25, -0.2) is 0 Å². The van der Waals surface area contributed by atoms with Crippen molar-refractivity contribution in [1.82, 2.24) is 0 Å². The summed E-state index contributed by atoms with van der Waals surface area (Å²) in [5.41, 5.74) is 7.03.